The molecule has 1 aromatic rings. The summed E-state index contributed by atoms with van der Waals surface area (Å²) in [6.45, 7) is -0.536. The Morgan fingerprint density at radius 2 is 1.74 bits per heavy atom. The van der Waals surface area contributed by atoms with Crippen molar-refractivity contribution in [3.63, 3.8) is 0 Å². The zero-order chi connectivity index (χ0) is 16.8. The average Bonchev–Trinajstić information content (AvgIpc) is 2.82. The van der Waals surface area contributed by atoms with Gasteiger partial charge in [0.05, 0.1) is 4.90 Å². The Labute approximate surface area is 129 Å². The second-order valence-corrected chi connectivity index (χ2v) is 6.64. The summed E-state index contributed by atoms with van der Waals surface area (Å²) in [6, 6.07) is 1.96. The highest BCUT2D eigenvalue weighted by molar-refractivity contribution is 7.89. The number of halogens is 2. The largest absolute Gasteiger partial charge is 0.337 e. The molecule has 0 aromatic heterocycles. The lowest BCUT2D eigenvalue weighted by atomic mass is 10.1. The molecular weight excluding hydrogens is 332 g/mol. The number of amides is 1. The molecule has 0 bridgehead atoms. The lowest BCUT2D eigenvalue weighted by molar-refractivity contribution is -0.124. The fourth-order valence-electron chi connectivity index (χ4n) is 2.30. The van der Waals surface area contributed by atoms with E-state index in [0.29, 0.717) is 16.4 Å². The summed E-state index contributed by atoms with van der Waals surface area (Å²) in [6.07, 6.45) is 4.37. The number of benzene rings is 1. The molecule has 1 heterocycles. The monoisotopic (exact) mass is 341 g/mol. The lowest BCUT2D eigenvalue weighted by Crippen LogP contribution is -2.48. The standard InChI is InChI=1S/C14H9F2NO5S/c15-11-2-1-10(7-12(11)16)23(20,21)17-13(19)8-22-14(17)5-3-9(18)4-6-14/h1-7H,8H2. The number of ketones is 1. The highest BCUT2D eigenvalue weighted by atomic mass is 32.2. The van der Waals surface area contributed by atoms with Crippen molar-refractivity contribution in [2.75, 3.05) is 6.61 Å². The van der Waals surface area contributed by atoms with Crippen molar-refractivity contribution in [3.05, 3.63) is 54.1 Å². The summed E-state index contributed by atoms with van der Waals surface area (Å²) in [5.41, 5.74) is -1.78. The van der Waals surface area contributed by atoms with E-state index >= 15 is 0 Å². The molecule has 0 saturated carbocycles. The summed E-state index contributed by atoms with van der Waals surface area (Å²) in [5, 5.41) is 0. The molecule has 6 nitrogen and oxygen atoms in total. The Kier molecular flexibility index (Phi) is 3.42. The first-order valence-electron chi connectivity index (χ1n) is 6.36. The third-order valence-corrected chi connectivity index (χ3v) is 5.19. The minimum Gasteiger partial charge on any atom is -0.337 e. The molecule has 1 spiro atoms. The van der Waals surface area contributed by atoms with Crippen LogP contribution in [0.2, 0.25) is 0 Å². The number of allylic oxidation sites excluding steroid dienone is 2. The van der Waals surface area contributed by atoms with Gasteiger partial charge in [-0.3, -0.25) is 9.59 Å². The van der Waals surface area contributed by atoms with Crippen LogP contribution >= 0.6 is 0 Å². The van der Waals surface area contributed by atoms with E-state index in [1.807, 2.05) is 0 Å². The molecule has 1 aromatic carbocycles. The van der Waals surface area contributed by atoms with Gasteiger partial charge in [-0.2, -0.15) is 4.31 Å². The first kappa shape index (κ1) is 15.5. The van der Waals surface area contributed by atoms with Crippen LogP contribution in [0.15, 0.2) is 47.4 Å². The van der Waals surface area contributed by atoms with Gasteiger partial charge >= 0.3 is 0 Å². The number of hydrogen-bond donors (Lipinski definition) is 0. The smallest absolute Gasteiger partial charge is 0.269 e. The van der Waals surface area contributed by atoms with Gasteiger partial charge in [0.1, 0.15) is 6.61 Å². The molecule has 0 N–H and O–H groups in total. The molecule has 23 heavy (non-hydrogen) atoms. The number of ether oxygens (including phenoxy) is 1. The number of sulfonamides is 1. The molecule has 0 unspecified atom stereocenters. The first-order chi connectivity index (χ1) is 10.8. The summed E-state index contributed by atoms with van der Waals surface area (Å²) >= 11 is 0. The van der Waals surface area contributed by atoms with Gasteiger partial charge in [0.15, 0.2) is 23.1 Å². The summed E-state index contributed by atoms with van der Waals surface area (Å²) in [4.78, 5) is 22.6. The van der Waals surface area contributed by atoms with E-state index in [4.69, 9.17) is 4.74 Å². The molecule has 1 saturated heterocycles. The van der Waals surface area contributed by atoms with Crippen LogP contribution in [-0.4, -0.2) is 36.7 Å². The Morgan fingerprint density at radius 3 is 2.35 bits per heavy atom. The maximum atomic E-state index is 13.3. The van der Waals surface area contributed by atoms with Crippen LogP contribution in [0.1, 0.15) is 0 Å². The third kappa shape index (κ3) is 2.37. The summed E-state index contributed by atoms with van der Waals surface area (Å²) in [5.74, 6) is -3.87. The number of carbonyl (C=O) groups is 2. The quantitative estimate of drug-likeness (QED) is 0.798. The van der Waals surface area contributed by atoms with Crippen molar-refractivity contribution < 1.29 is 31.5 Å². The maximum absolute atomic E-state index is 13.3. The number of hydrogen-bond acceptors (Lipinski definition) is 5. The van der Waals surface area contributed by atoms with E-state index in [1.165, 1.54) is 0 Å². The molecule has 1 fully saturated rings. The Hall–Kier alpha value is -2.39. The molecule has 2 aliphatic rings. The van der Waals surface area contributed by atoms with E-state index in [0.717, 1.165) is 30.4 Å². The molecule has 0 atom stereocenters. The lowest BCUT2D eigenvalue weighted by Gasteiger charge is -2.31. The van der Waals surface area contributed by atoms with Crippen LogP contribution in [0.5, 0.6) is 0 Å². The van der Waals surface area contributed by atoms with Crippen molar-refractivity contribution in [1.82, 2.24) is 4.31 Å². The molecule has 120 valence electrons. The average molecular weight is 341 g/mol. The van der Waals surface area contributed by atoms with Gasteiger partial charge in [0.2, 0.25) is 0 Å². The number of rotatable bonds is 2. The van der Waals surface area contributed by atoms with Gasteiger partial charge in [0, 0.05) is 0 Å². The SMILES string of the molecule is O=C1C=CC2(C=C1)OCC(=O)N2S(=O)(=O)c1ccc(F)c(F)c1. The van der Waals surface area contributed by atoms with Gasteiger partial charge in [-0.1, -0.05) is 0 Å². The zero-order valence-electron chi connectivity index (χ0n) is 11.4. The Balaban J connectivity index is 2.12. The van der Waals surface area contributed by atoms with Crippen LogP contribution in [0.3, 0.4) is 0 Å². The van der Waals surface area contributed by atoms with E-state index < -0.39 is 50.6 Å². The highest BCUT2D eigenvalue weighted by Crippen LogP contribution is 2.35. The third-order valence-electron chi connectivity index (χ3n) is 3.37. The fraction of sp³-hybridized carbons (Fsp3) is 0.143. The fourth-order valence-corrected chi connectivity index (χ4v) is 3.87. The minimum atomic E-state index is -4.51. The second-order valence-electron chi connectivity index (χ2n) is 4.85. The predicted molar refractivity (Wildman–Crippen MR) is 72.4 cm³/mol. The van der Waals surface area contributed by atoms with E-state index in [-0.39, 0.29) is 0 Å². The van der Waals surface area contributed by atoms with Gasteiger partial charge in [-0.15, -0.1) is 0 Å². The normalized spacial score (nSPS) is 19.8. The van der Waals surface area contributed by atoms with E-state index in [2.05, 4.69) is 0 Å². The number of carbonyl (C=O) groups excluding carboxylic acids is 2. The predicted octanol–water partition coefficient (Wildman–Crippen LogP) is 0.904. The van der Waals surface area contributed by atoms with Crippen molar-refractivity contribution in [2.24, 2.45) is 0 Å². The van der Waals surface area contributed by atoms with Crippen molar-refractivity contribution in [1.29, 1.82) is 0 Å². The summed E-state index contributed by atoms with van der Waals surface area (Å²) < 4.78 is 57.3. The van der Waals surface area contributed by atoms with Gasteiger partial charge in [0.25, 0.3) is 15.9 Å². The second kappa shape index (κ2) is 5.07. The molecule has 1 amide bonds. The molecule has 0 radical (unpaired) electrons. The molecule has 1 aliphatic heterocycles. The molecule has 9 heteroatoms. The maximum Gasteiger partial charge on any atom is 0.269 e. The van der Waals surface area contributed by atoms with Gasteiger partial charge in [-0.05, 0) is 42.5 Å². The Morgan fingerprint density at radius 1 is 1.09 bits per heavy atom. The highest BCUT2D eigenvalue weighted by Gasteiger charge is 2.51. The Bertz CT molecular complexity index is 859. The molecular formula is C14H9F2NO5S. The first-order valence-corrected chi connectivity index (χ1v) is 7.80. The van der Waals surface area contributed by atoms with Crippen LogP contribution in [0.4, 0.5) is 8.78 Å². The summed E-state index contributed by atoms with van der Waals surface area (Å²) in [7, 11) is -4.51. The van der Waals surface area contributed by atoms with Crippen LogP contribution < -0.4 is 0 Å². The van der Waals surface area contributed by atoms with Crippen molar-refractivity contribution >= 4 is 21.7 Å². The van der Waals surface area contributed by atoms with Crippen LogP contribution in [0.25, 0.3) is 0 Å². The van der Waals surface area contributed by atoms with E-state index in [9.17, 15) is 26.8 Å². The number of nitrogens with zero attached hydrogens (tertiary/aromatic N) is 1. The zero-order valence-corrected chi connectivity index (χ0v) is 12.2. The van der Waals surface area contributed by atoms with Gasteiger partial charge in [-0.25, -0.2) is 17.2 Å². The van der Waals surface area contributed by atoms with Crippen molar-refractivity contribution in [2.45, 2.75) is 10.6 Å². The van der Waals surface area contributed by atoms with Crippen molar-refractivity contribution in [3.8, 4) is 0 Å². The molecule has 3 rings (SSSR count). The van der Waals surface area contributed by atoms with Crippen LogP contribution in [0, 0.1) is 11.6 Å². The molecule has 1 aliphatic carbocycles. The minimum absolute atomic E-state index is 0.399. The van der Waals surface area contributed by atoms with E-state index in [1.54, 1.807) is 0 Å². The topological polar surface area (TPSA) is 80.8 Å². The van der Waals surface area contributed by atoms with Crippen LogP contribution in [-0.2, 0) is 24.3 Å². The van der Waals surface area contributed by atoms with Gasteiger partial charge < -0.3 is 4.74 Å².